The summed E-state index contributed by atoms with van der Waals surface area (Å²) < 4.78 is 5.19. The number of ether oxygens (including phenoxy) is 1. The van der Waals surface area contributed by atoms with Crippen molar-refractivity contribution in [2.75, 3.05) is 13.7 Å². The molecule has 3 nitrogen and oxygen atoms in total. The molecule has 0 aromatic heterocycles. The summed E-state index contributed by atoms with van der Waals surface area (Å²) in [7, 11) is 1.57. The van der Waals surface area contributed by atoms with Crippen LogP contribution in [0.15, 0.2) is 0 Å². The number of nitrogens with zero attached hydrogens (tertiary/aromatic N) is 1. The van der Waals surface area contributed by atoms with Gasteiger partial charge in [-0.15, -0.1) is 0 Å². The van der Waals surface area contributed by atoms with Crippen LogP contribution in [-0.2, 0) is 9.53 Å². The number of amides is 1. The van der Waals surface area contributed by atoms with Crippen LogP contribution in [0.3, 0.4) is 0 Å². The number of rotatable bonds is 5. The van der Waals surface area contributed by atoms with Gasteiger partial charge in [0.2, 0.25) is 0 Å². The Morgan fingerprint density at radius 2 is 1.93 bits per heavy atom. The molecule has 0 aliphatic carbocycles. The van der Waals surface area contributed by atoms with Crippen LogP contribution < -0.4 is 0 Å². The van der Waals surface area contributed by atoms with Gasteiger partial charge < -0.3 is 9.64 Å². The van der Waals surface area contributed by atoms with Gasteiger partial charge in [0.25, 0.3) is 5.91 Å². The molecule has 0 rings (SSSR count). The molecule has 0 aliphatic rings. The smallest absolute Gasteiger partial charge is 0.254 e. The van der Waals surface area contributed by atoms with E-state index < -0.39 is 5.60 Å². The highest BCUT2D eigenvalue weighted by Gasteiger charge is 2.32. The number of likely N-dealkylation sites (N-methyl/N-ethyl adjacent to an activating group) is 1. The van der Waals surface area contributed by atoms with Gasteiger partial charge in [0.15, 0.2) is 0 Å². The van der Waals surface area contributed by atoms with E-state index in [9.17, 15) is 4.79 Å². The third-order valence-electron chi connectivity index (χ3n) is 2.75. The van der Waals surface area contributed by atoms with Gasteiger partial charge in [0.05, 0.1) is 0 Å². The fraction of sp³-hybridized carbons (Fsp3) is 0.909. The quantitative estimate of drug-likeness (QED) is 0.681. The van der Waals surface area contributed by atoms with E-state index in [2.05, 4.69) is 13.8 Å². The minimum absolute atomic E-state index is 0.0665. The molecule has 0 heterocycles. The van der Waals surface area contributed by atoms with Crippen LogP contribution in [0.5, 0.6) is 0 Å². The maximum Gasteiger partial charge on any atom is 0.254 e. The van der Waals surface area contributed by atoms with Gasteiger partial charge in [0.1, 0.15) is 5.60 Å². The molecule has 0 fully saturated rings. The van der Waals surface area contributed by atoms with Crippen molar-refractivity contribution >= 4 is 5.91 Å². The summed E-state index contributed by atoms with van der Waals surface area (Å²) in [4.78, 5) is 13.9. The number of hydrogen-bond acceptors (Lipinski definition) is 2. The summed E-state index contributed by atoms with van der Waals surface area (Å²) in [6.07, 6.45) is 0.972. The zero-order chi connectivity index (χ0) is 11.4. The van der Waals surface area contributed by atoms with Crippen LogP contribution in [0.1, 0.15) is 41.0 Å². The van der Waals surface area contributed by atoms with E-state index in [1.54, 1.807) is 21.0 Å². The molecule has 14 heavy (non-hydrogen) atoms. The predicted octanol–water partition coefficient (Wildman–Crippen LogP) is 2.06. The summed E-state index contributed by atoms with van der Waals surface area (Å²) in [5.41, 5.74) is -0.709. The number of carbonyl (C=O) groups is 1. The molecule has 0 aromatic rings. The second kappa shape index (κ2) is 5.35. The average Bonchev–Trinajstić information content (AvgIpc) is 2.18. The molecule has 0 saturated heterocycles. The fourth-order valence-corrected chi connectivity index (χ4v) is 1.31. The Bertz CT molecular complexity index is 190. The number of carbonyl (C=O) groups excluding carboxylic acids is 1. The van der Waals surface area contributed by atoms with Crippen molar-refractivity contribution in [3.63, 3.8) is 0 Å². The Morgan fingerprint density at radius 1 is 1.43 bits per heavy atom. The predicted molar refractivity (Wildman–Crippen MR) is 58.2 cm³/mol. The summed E-state index contributed by atoms with van der Waals surface area (Å²) in [6, 6.07) is 0.280. The zero-order valence-corrected chi connectivity index (χ0v) is 10.3. The van der Waals surface area contributed by atoms with Gasteiger partial charge in [-0.25, -0.2) is 0 Å². The molecule has 1 amide bonds. The van der Waals surface area contributed by atoms with Crippen molar-refractivity contribution in [1.82, 2.24) is 4.90 Å². The second-order valence-electron chi connectivity index (χ2n) is 4.06. The molecule has 84 valence electrons. The van der Waals surface area contributed by atoms with Crippen LogP contribution in [0.4, 0.5) is 0 Å². The summed E-state index contributed by atoms with van der Waals surface area (Å²) in [5, 5.41) is 0. The highest BCUT2D eigenvalue weighted by atomic mass is 16.5. The molecule has 0 saturated carbocycles. The lowest BCUT2D eigenvalue weighted by atomic mass is 10.1. The highest BCUT2D eigenvalue weighted by Crippen LogP contribution is 2.15. The van der Waals surface area contributed by atoms with Crippen LogP contribution >= 0.6 is 0 Å². The molecular weight excluding hydrogens is 178 g/mol. The second-order valence-corrected chi connectivity index (χ2v) is 4.06. The van der Waals surface area contributed by atoms with Gasteiger partial charge in [-0.3, -0.25) is 4.79 Å². The van der Waals surface area contributed by atoms with E-state index >= 15 is 0 Å². The first kappa shape index (κ1) is 13.4. The SMILES string of the molecule is CCC(C)N(CC)C(=O)C(C)(C)OC. The Balaban J connectivity index is 4.62. The normalized spacial score (nSPS) is 13.9. The first-order valence-corrected chi connectivity index (χ1v) is 5.26. The van der Waals surface area contributed by atoms with Crippen molar-refractivity contribution in [3.05, 3.63) is 0 Å². The molecule has 1 unspecified atom stereocenters. The lowest BCUT2D eigenvalue weighted by molar-refractivity contribution is -0.153. The molecule has 1 atom stereocenters. The minimum atomic E-state index is -0.709. The van der Waals surface area contributed by atoms with Crippen LogP contribution in [-0.4, -0.2) is 36.1 Å². The number of methoxy groups -OCH3 is 1. The Hall–Kier alpha value is -0.570. The van der Waals surface area contributed by atoms with Gasteiger partial charge in [-0.2, -0.15) is 0 Å². The maximum absolute atomic E-state index is 12.0. The van der Waals surface area contributed by atoms with E-state index in [1.807, 2.05) is 11.8 Å². The maximum atomic E-state index is 12.0. The summed E-state index contributed by atoms with van der Waals surface area (Å²) >= 11 is 0. The average molecular weight is 201 g/mol. The summed E-state index contributed by atoms with van der Waals surface area (Å²) in [5.74, 6) is 0.0665. The third-order valence-corrected chi connectivity index (χ3v) is 2.75. The molecular formula is C11H23NO2. The standard InChI is InChI=1S/C11H23NO2/c1-7-9(3)12(8-2)10(13)11(4,5)14-6/h9H,7-8H2,1-6H3. The van der Waals surface area contributed by atoms with Crippen molar-refractivity contribution in [1.29, 1.82) is 0 Å². The first-order valence-electron chi connectivity index (χ1n) is 5.26. The Morgan fingerprint density at radius 3 is 2.21 bits per heavy atom. The highest BCUT2D eigenvalue weighted by molar-refractivity contribution is 5.84. The lowest BCUT2D eigenvalue weighted by Crippen LogP contribution is -2.49. The zero-order valence-electron chi connectivity index (χ0n) is 10.3. The third kappa shape index (κ3) is 2.98. The van der Waals surface area contributed by atoms with Gasteiger partial charge in [-0.1, -0.05) is 6.92 Å². The van der Waals surface area contributed by atoms with Crippen molar-refractivity contribution in [2.45, 2.75) is 52.7 Å². The van der Waals surface area contributed by atoms with Crippen LogP contribution in [0, 0.1) is 0 Å². The van der Waals surface area contributed by atoms with E-state index in [1.165, 1.54) is 0 Å². The molecule has 0 spiro atoms. The molecule has 0 radical (unpaired) electrons. The molecule has 0 aliphatic heterocycles. The van der Waals surface area contributed by atoms with E-state index in [4.69, 9.17) is 4.74 Å². The molecule has 0 bridgehead atoms. The topological polar surface area (TPSA) is 29.5 Å². The lowest BCUT2D eigenvalue weighted by Gasteiger charge is -2.34. The monoisotopic (exact) mass is 201 g/mol. The van der Waals surface area contributed by atoms with Crippen molar-refractivity contribution < 1.29 is 9.53 Å². The molecule has 0 aromatic carbocycles. The molecule has 0 N–H and O–H groups in total. The first-order chi connectivity index (χ1) is 6.40. The van der Waals surface area contributed by atoms with Crippen molar-refractivity contribution in [2.24, 2.45) is 0 Å². The largest absolute Gasteiger partial charge is 0.369 e. The van der Waals surface area contributed by atoms with Gasteiger partial charge >= 0.3 is 0 Å². The van der Waals surface area contributed by atoms with E-state index in [0.29, 0.717) is 0 Å². The van der Waals surface area contributed by atoms with E-state index in [-0.39, 0.29) is 11.9 Å². The van der Waals surface area contributed by atoms with Crippen LogP contribution in [0.2, 0.25) is 0 Å². The minimum Gasteiger partial charge on any atom is -0.369 e. The van der Waals surface area contributed by atoms with Crippen LogP contribution in [0.25, 0.3) is 0 Å². The summed E-state index contributed by atoms with van der Waals surface area (Å²) in [6.45, 7) is 10.5. The van der Waals surface area contributed by atoms with Gasteiger partial charge in [0, 0.05) is 19.7 Å². The Labute approximate surface area is 87.4 Å². The fourth-order valence-electron chi connectivity index (χ4n) is 1.31. The van der Waals surface area contributed by atoms with E-state index in [0.717, 1.165) is 13.0 Å². The van der Waals surface area contributed by atoms with Gasteiger partial charge in [-0.05, 0) is 34.1 Å². The molecule has 3 heteroatoms. The Kier molecular flexibility index (Phi) is 5.13. The van der Waals surface area contributed by atoms with Crippen molar-refractivity contribution in [3.8, 4) is 0 Å². The number of hydrogen-bond donors (Lipinski definition) is 0.